The highest BCUT2D eigenvalue weighted by molar-refractivity contribution is 6.11. The number of pyridine rings is 1. The van der Waals surface area contributed by atoms with Crippen LogP contribution in [0.4, 0.5) is 14.6 Å². The third-order valence-corrected chi connectivity index (χ3v) is 7.74. The summed E-state index contributed by atoms with van der Waals surface area (Å²) in [4.78, 5) is 44.0. The zero-order valence-corrected chi connectivity index (χ0v) is 23.7. The van der Waals surface area contributed by atoms with Gasteiger partial charge in [-0.2, -0.15) is 5.48 Å². The van der Waals surface area contributed by atoms with Gasteiger partial charge in [-0.25, -0.2) is 8.78 Å². The second-order valence-electron chi connectivity index (χ2n) is 11.7. The Hall–Kier alpha value is -3.85. The third-order valence-electron chi connectivity index (χ3n) is 7.74. The van der Waals surface area contributed by atoms with Gasteiger partial charge in [-0.1, -0.05) is 52.2 Å². The van der Waals surface area contributed by atoms with Crippen molar-refractivity contribution in [1.82, 2.24) is 10.0 Å². The van der Waals surface area contributed by atoms with Gasteiger partial charge in [-0.3, -0.25) is 19.0 Å². The average Bonchev–Trinajstić information content (AvgIpc) is 2.91. The monoisotopic (exact) mass is 565 g/mol. The fraction of sp³-hybridized carbons (Fsp3) is 0.406. The van der Waals surface area contributed by atoms with Gasteiger partial charge >= 0.3 is 5.97 Å². The van der Waals surface area contributed by atoms with Crippen LogP contribution >= 0.6 is 0 Å². The van der Waals surface area contributed by atoms with Crippen molar-refractivity contribution in [1.29, 1.82) is 0 Å². The van der Waals surface area contributed by atoms with Crippen LogP contribution in [0.3, 0.4) is 0 Å². The lowest BCUT2D eigenvalue weighted by atomic mass is 9.68. The number of rotatable bonds is 9. The molecule has 1 saturated carbocycles. The van der Waals surface area contributed by atoms with Crippen LogP contribution < -0.4 is 16.8 Å². The first kappa shape index (κ1) is 30.1. The number of hydroxylamine groups is 1. The van der Waals surface area contributed by atoms with Crippen LogP contribution in [-0.2, 0) is 16.1 Å². The average molecular weight is 566 g/mol. The maximum atomic E-state index is 14.2. The molecule has 0 saturated heterocycles. The summed E-state index contributed by atoms with van der Waals surface area (Å²) in [5.74, 6) is -2.78. The number of carbonyl (C=O) groups excluding carboxylic acids is 2. The quantitative estimate of drug-likeness (QED) is 0.194. The molecule has 0 aliphatic heterocycles. The van der Waals surface area contributed by atoms with Crippen LogP contribution in [0.25, 0.3) is 5.69 Å². The minimum absolute atomic E-state index is 0.0769. The Morgan fingerprint density at radius 1 is 1.00 bits per heavy atom. The zero-order chi connectivity index (χ0) is 29.7. The summed E-state index contributed by atoms with van der Waals surface area (Å²) in [6, 6.07) is 12.0. The van der Waals surface area contributed by atoms with E-state index in [0.717, 1.165) is 47.9 Å². The second-order valence-corrected chi connectivity index (χ2v) is 11.7. The summed E-state index contributed by atoms with van der Waals surface area (Å²) in [5.41, 5.74) is 9.27. The number of aromatic nitrogens is 1. The largest absolute Gasteiger partial charge is 0.384 e. The minimum atomic E-state index is -1.02. The van der Waals surface area contributed by atoms with E-state index in [1.165, 1.54) is 18.6 Å². The lowest BCUT2D eigenvalue weighted by molar-refractivity contribution is -0.163. The van der Waals surface area contributed by atoms with E-state index in [1.807, 2.05) is 0 Å². The van der Waals surface area contributed by atoms with Crippen molar-refractivity contribution in [2.75, 3.05) is 12.3 Å². The number of hydrogen-bond acceptors (Lipinski definition) is 6. The minimum Gasteiger partial charge on any atom is -0.384 e. The summed E-state index contributed by atoms with van der Waals surface area (Å²) < 4.78 is 28.7. The highest BCUT2D eigenvalue weighted by Gasteiger charge is 2.39. The van der Waals surface area contributed by atoms with Crippen molar-refractivity contribution < 1.29 is 23.2 Å². The maximum absolute atomic E-state index is 14.2. The molecule has 1 aliphatic rings. The Kier molecular flexibility index (Phi) is 9.38. The molecule has 1 atom stereocenters. The van der Waals surface area contributed by atoms with E-state index in [2.05, 4.69) is 26.3 Å². The summed E-state index contributed by atoms with van der Waals surface area (Å²) in [5, 5.41) is 0. The number of nitrogens with zero attached hydrogens (tertiary/aromatic N) is 1. The Balaban J connectivity index is 1.40. The Morgan fingerprint density at radius 3 is 2.29 bits per heavy atom. The van der Waals surface area contributed by atoms with E-state index in [9.17, 15) is 23.2 Å². The van der Waals surface area contributed by atoms with Crippen molar-refractivity contribution in [2.45, 2.75) is 59.3 Å². The standard InChI is InChI=1S/C32H37F2N3O4/c1-32(2,3)28(21-7-5-4-6-8-21)31(40)41-36-18-17-20-9-12-23(13-10-20)37-27(38)16-15-25(30(37)35)29(39)24-14-11-22(33)19-26(24)34/h9-16,19,21,28,36H,4-8,17-18,35H2,1-3H3/t28-/m1/s1. The van der Waals surface area contributed by atoms with Gasteiger partial charge in [0.1, 0.15) is 17.5 Å². The van der Waals surface area contributed by atoms with Crippen LogP contribution in [0.1, 0.15) is 74.4 Å². The highest BCUT2D eigenvalue weighted by Crippen LogP contribution is 2.40. The number of anilines is 1. The number of nitrogens with one attached hydrogen (secondary N) is 1. The molecule has 218 valence electrons. The lowest BCUT2D eigenvalue weighted by Crippen LogP contribution is -2.39. The van der Waals surface area contributed by atoms with Gasteiger partial charge in [0.05, 0.1) is 22.7 Å². The fourth-order valence-corrected chi connectivity index (χ4v) is 5.74. The van der Waals surface area contributed by atoms with Gasteiger partial charge in [0.25, 0.3) is 5.56 Å². The molecule has 9 heteroatoms. The zero-order valence-electron chi connectivity index (χ0n) is 23.7. The van der Waals surface area contributed by atoms with Crippen LogP contribution in [-0.4, -0.2) is 22.9 Å². The molecule has 3 aromatic rings. The van der Waals surface area contributed by atoms with E-state index in [-0.39, 0.29) is 34.2 Å². The molecule has 1 fully saturated rings. The number of nitrogen functional groups attached to an aromatic ring is 1. The number of hydrogen-bond donors (Lipinski definition) is 2. The Bertz CT molecular complexity index is 1460. The van der Waals surface area contributed by atoms with Gasteiger partial charge in [0.2, 0.25) is 0 Å². The third kappa shape index (κ3) is 7.08. The van der Waals surface area contributed by atoms with Crippen molar-refractivity contribution in [3.8, 4) is 5.69 Å². The first-order valence-corrected chi connectivity index (χ1v) is 14.0. The van der Waals surface area contributed by atoms with Crippen molar-refractivity contribution in [2.24, 2.45) is 17.3 Å². The van der Waals surface area contributed by atoms with E-state index >= 15 is 0 Å². The van der Waals surface area contributed by atoms with E-state index in [4.69, 9.17) is 10.6 Å². The Labute approximate surface area is 238 Å². The predicted molar refractivity (Wildman–Crippen MR) is 154 cm³/mol. The SMILES string of the molecule is CC(C)(C)[C@@H](C(=O)ONCCc1ccc(-n2c(N)c(C(=O)c3ccc(F)cc3F)ccc2=O)cc1)C1CCCCC1. The molecule has 0 amide bonds. The van der Waals surface area contributed by atoms with Gasteiger partial charge in [0, 0.05) is 18.7 Å². The molecule has 0 spiro atoms. The van der Waals surface area contributed by atoms with E-state index < -0.39 is 23.0 Å². The normalized spacial score (nSPS) is 15.0. The number of carbonyl (C=O) groups is 2. The molecule has 0 bridgehead atoms. The number of benzene rings is 2. The molecule has 7 nitrogen and oxygen atoms in total. The van der Waals surface area contributed by atoms with E-state index in [0.29, 0.717) is 30.6 Å². The molecule has 1 aromatic heterocycles. The number of ketones is 1. The maximum Gasteiger partial charge on any atom is 0.328 e. The summed E-state index contributed by atoms with van der Waals surface area (Å²) >= 11 is 0. The van der Waals surface area contributed by atoms with Crippen molar-refractivity contribution in [3.63, 3.8) is 0 Å². The van der Waals surface area contributed by atoms with Crippen LogP contribution in [0.5, 0.6) is 0 Å². The molecule has 41 heavy (non-hydrogen) atoms. The molecule has 1 aliphatic carbocycles. The molecule has 4 rings (SSSR count). The van der Waals surface area contributed by atoms with E-state index in [1.54, 1.807) is 24.3 Å². The summed E-state index contributed by atoms with van der Waals surface area (Å²) in [6.07, 6.45) is 6.19. The molecule has 0 radical (unpaired) electrons. The predicted octanol–water partition coefficient (Wildman–Crippen LogP) is 5.76. The van der Waals surface area contributed by atoms with Crippen LogP contribution in [0, 0.1) is 28.9 Å². The number of halogens is 2. The molecule has 3 N–H and O–H groups in total. The van der Waals surface area contributed by atoms with Gasteiger partial charge in [0.15, 0.2) is 5.78 Å². The second kappa shape index (κ2) is 12.8. The van der Waals surface area contributed by atoms with Crippen LogP contribution in [0.15, 0.2) is 59.4 Å². The molecule has 1 heterocycles. The number of nitrogens with two attached hydrogens (primary N) is 1. The Morgan fingerprint density at radius 2 is 1.66 bits per heavy atom. The van der Waals surface area contributed by atoms with Crippen molar-refractivity contribution in [3.05, 3.63) is 93.3 Å². The van der Waals surface area contributed by atoms with Gasteiger partial charge < -0.3 is 10.6 Å². The molecular formula is C32H37F2N3O4. The molecule has 2 aromatic carbocycles. The summed E-state index contributed by atoms with van der Waals surface area (Å²) in [7, 11) is 0. The lowest BCUT2D eigenvalue weighted by Gasteiger charge is -2.37. The fourth-order valence-electron chi connectivity index (χ4n) is 5.74. The van der Waals surface area contributed by atoms with Gasteiger partial charge in [-0.15, -0.1) is 0 Å². The summed E-state index contributed by atoms with van der Waals surface area (Å²) in [6.45, 7) is 6.65. The topological polar surface area (TPSA) is 103 Å². The van der Waals surface area contributed by atoms with Crippen LogP contribution in [0.2, 0.25) is 0 Å². The highest BCUT2D eigenvalue weighted by atomic mass is 19.1. The first-order valence-electron chi connectivity index (χ1n) is 14.0. The molecule has 0 unspecified atom stereocenters. The molecular weight excluding hydrogens is 528 g/mol. The smallest absolute Gasteiger partial charge is 0.328 e. The van der Waals surface area contributed by atoms with Gasteiger partial charge in [-0.05, 0) is 66.5 Å². The first-order chi connectivity index (χ1) is 19.5. The van der Waals surface area contributed by atoms with Crippen molar-refractivity contribution >= 4 is 17.6 Å².